The van der Waals surface area contributed by atoms with E-state index in [1.165, 1.54) is 18.3 Å². The van der Waals surface area contributed by atoms with Crippen molar-refractivity contribution in [1.29, 1.82) is 5.26 Å². The number of hydrogen-bond donors (Lipinski definition) is 1. The average Bonchev–Trinajstić information content (AvgIpc) is 3.04. The van der Waals surface area contributed by atoms with Gasteiger partial charge in [0.1, 0.15) is 21.8 Å². The minimum Gasteiger partial charge on any atom is -0.316 e. The molecule has 1 N–H and O–H groups in total. The molecule has 0 aliphatic rings. The number of allylic oxidation sites excluding steroid dienone is 1. The molecular formula is C21H15Cl2N3OS. The van der Waals surface area contributed by atoms with Crippen LogP contribution >= 0.6 is 34.5 Å². The van der Waals surface area contributed by atoms with Crippen molar-refractivity contribution in [2.75, 3.05) is 5.32 Å². The standard InChI is InChI=1S/C21H15Cl2N3OS/c1-12-3-5-14(6-4-12)19-21(25-13(2)27)28-20(26-19)16(11-24)9-15-7-8-17(22)10-18(15)23/h3-10H,1-2H3,(H,25,27). The van der Waals surface area contributed by atoms with Gasteiger partial charge in [-0.1, -0.05) is 70.4 Å². The Bertz CT molecular complexity index is 1110. The fourth-order valence-corrected chi connectivity index (χ4v) is 3.97. The highest BCUT2D eigenvalue weighted by atomic mass is 35.5. The first-order valence-corrected chi connectivity index (χ1v) is 9.87. The predicted molar refractivity (Wildman–Crippen MR) is 117 cm³/mol. The van der Waals surface area contributed by atoms with E-state index in [4.69, 9.17) is 23.2 Å². The lowest BCUT2D eigenvalue weighted by Gasteiger charge is -2.03. The summed E-state index contributed by atoms with van der Waals surface area (Å²) < 4.78 is 0. The Hall–Kier alpha value is -2.65. The molecule has 1 amide bonds. The second kappa shape index (κ2) is 8.57. The molecule has 0 aliphatic heterocycles. The van der Waals surface area contributed by atoms with Gasteiger partial charge in [-0.05, 0) is 30.7 Å². The van der Waals surface area contributed by atoms with Gasteiger partial charge in [0.25, 0.3) is 0 Å². The number of aromatic nitrogens is 1. The number of rotatable bonds is 4. The minimum atomic E-state index is -0.202. The summed E-state index contributed by atoms with van der Waals surface area (Å²) in [6, 6.07) is 15.0. The zero-order chi connectivity index (χ0) is 20.3. The third-order valence-electron chi connectivity index (χ3n) is 3.85. The lowest BCUT2D eigenvalue weighted by atomic mass is 10.1. The van der Waals surface area contributed by atoms with Crippen LogP contribution in [0.3, 0.4) is 0 Å². The topological polar surface area (TPSA) is 65.8 Å². The lowest BCUT2D eigenvalue weighted by molar-refractivity contribution is -0.114. The number of nitrogens with one attached hydrogen (secondary N) is 1. The fourth-order valence-electron chi connectivity index (χ4n) is 2.50. The normalized spacial score (nSPS) is 11.2. The summed E-state index contributed by atoms with van der Waals surface area (Å²) in [6.45, 7) is 3.43. The number of halogens is 2. The van der Waals surface area contributed by atoms with E-state index in [0.29, 0.717) is 36.9 Å². The zero-order valence-corrected chi connectivity index (χ0v) is 17.4. The molecule has 0 radical (unpaired) electrons. The molecule has 0 aliphatic carbocycles. The first-order valence-electron chi connectivity index (χ1n) is 8.30. The molecule has 3 aromatic rings. The van der Waals surface area contributed by atoms with E-state index in [1.54, 1.807) is 24.3 Å². The Balaban J connectivity index is 2.09. The van der Waals surface area contributed by atoms with Crippen LogP contribution in [0.4, 0.5) is 5.00 Å². The van der Waals surface area contributed by atoms with Gasteiger partial charge >= 0.3 is 0 Å². The Morgan fingerprint density at radius 1 is 1.21 bits per heavy atom. The number of hydrogen-bond acceptors (Lipinski definition) is 4. The van der Waals surface area contributed by atoms with E-state index in [0.717, 1.165) is 11.1 Å². The van der Waals surface area contributed by atoms with Gasteiger partial charge in [0.15, 0.2) is 0 Å². The number of thiazole rings is 1. The molecule has 0 atom stereocenters. The molecule has 0 saturated heterocycles. The molecule has 0 bridgehead atoms. The maximum absolute atomic E-state index is 11.6. The molecule has 1 aromatic heterocycles. The molecule has 3 rings (SSSR count). The summed E-state index contributed by atoms with van der Waals surface area (Å²) in [4.78, 5) is 16.2. The van der Waals surface area contributed by atoms with E-state index in [2.05, 4.69) is 16.4 Å². The van der Waals surface area contributed by atoms with Gasteiger partial charge in [-0.25, -0.2) is 4.98 Å². The Morgan fingerprint density at radius 3 is 2.54 bits per heavy atom. The first kappa shape index (κ1) is 20.1. The molecule has 1 heterocycles. The first-order chi connectivity index (χ1) is 13.4. The van der Waals surface area contributed by atoms with E-state index < -0.39 is 0 Å². The maximum Gasteiger partial charge on any atom is 0.221 e. The summed E-state index contributed by atoms with van der Waals surface area (Å²) in [7, 11) is 0. The van der Waals surface area contributed by atoms with E-state index in [1.807, 2.05) is 31.2 Å². The van der Waals surface area contributed by atoms with Crippen molar-refractivity contribution in [2.45, 2.75) is 13.8 Å². The second-order valence-electron chi connectivity index (χ2n) is 6.08. The molecule has 140 valence electrons. The number of carbonyl (C=O) groups excluding carboxylic acids is 1. The average molecular weight is 428 g/mol. The van der Waals surface area contributed by atoms with Crippen LogP contribution in [0.2, 0.25) is 10.0 Å². The van der Waals surface area contributed by atoms with Crippen molar-refractivity contribution >= 4 is 57.1 Å². The summed E-state index contributed by atoms with van der Waals surface area (Å²) >= 11 is 13.4. The number of benzene rings is 2. The summed E-state index contributed by atoms with van der Waals surface area (Å²) in [6.07, 6.45) is 1.66. The quantitative estimate of drug-likeness (QED) is 0.486. The Kier molecular flexibility index (Phi) is 6.15. The monoisotopic (exact) mass is 427 g/mol. The second-order valence-corrected chi connectivity index (χ2v) is 7.92. The highest BCUT2D eigenvalue weighted by Gasteiger charge is 2.17. The third-order valence-corrected chi connectivity index (χ3v) is 5.42. The molecule has 0 saturated carbocycles. The molecule has 0 fully saturated rings. The number of nitriles is 1. The number of anilines is 1. The van der Waals surface area contributed by atoms with Crippen LogP contribution in [0.25, 0.3) is 22.9 Å². The van der Waals surface area contributed by atoms with Crippen molar-refractivity contribution in [3.05, 3.63) is 68.6 Å². The molecular weight excluding hydrogens is 413 g/mol. The van der Waals surface area contributed by atoms with Crippen LogP contribution in [0.5, 0.6) is 0 Å². The molecule has 28 heavy (non-hydrogen) atoms. The Morgan fingerprint density at radius 2 is 1.93 bits per heavy atom. The van der Waals surface area contributed by atoms with Gasteiger partial charge in [0.2, 0.25) is 5.91 Å². The fraction of sp³-hybridized carbons (Fsp3) is 0.0952. The highest BCUT2D eigenvalue weighted by Crippen LogP contribution is 2.37. The van der Waals surface area contributed by atoms with Crippen LogP contribution in [-0.2, 0) is 4.79 Å². The largest absolute Gasteiger partial charge is 0.316 e. The third kappa shape index (κ3) is 4.60. The summed E-state index contributed by atoms with van der Waals surface area (Å²) in [5.41, 5.74) is 3.61. The minimum absolute atomic E-state index is 0.202. The number of amides is 1. The van der Waals surface area contributed by atoms with E-state index in [9.17, 15) is 10.1 Å². The van der Waals surface area contributed by atoms with Crippen LogP contribution in [-0.4, -0.2) is 10.9 Å². The van der Waals surface area contributed by atoms with Gasteiger partial charge in [-0.3, -0.25) is 4.79 Å². The Labute approximate surface area is 177 Å². The molecule has 2 aromatic carbocycles. The van der Waals surface area contributed by atoms with Gasteiger partial charge < -0.3 is 5.32 Å². The van der Waals surface area contributed by atoms with Crippen molar-refractivity contribution in [3.63, 3.8) is 0 Å². The summed E-state index contributed by atoms with van der Waals surface area (Å²) in [5.74, 6) is -0.202. The van der Waals surface area contributed by atoms with Crippen LogP contribution in [0.15, 0.2) is 42.5 Å². The van der Waals surface area contributed by atoms with Crippen LogP contribution in [0, 0.1) is 18.3 Å². The maximum atomic E-state index is 11.6. The van der Waals surface area contributed by atoms with Gasteiger partial charge in [-0.2, -0.15) is 5.26 Å². The SMILES string of the molecule is CC(=O)Nc1sc(C(C#N)=Cc2ccc(Cl)cc2Cl)nc1-c1ccc(C)cc1. The van der Waals surface area contributed by atoms with Gasteiger partial charge in [0.05, 0.1) is 5.57 Å². The number of aryl methyl sites for hydroxylation is 1. The molecule has 4 nitrogen and oxygen atoms in total. The number of nitrogens with zero attached hydrogens (tertiary/aromatic N) is 2. The highest BCUT2D eigenvalue weighted by molar-refractivity contribution is 7.17. The van der Waals surface area contributed by atoms with E-state index >= 15 is 0 Å². The van der Waals surface area contributed by atoms with Gasteiger partial charge in [0, 0.05) is 22.5 Å². The number of carbonyl (C=O) groups is 1. The van der Waals surface area contributed by atoms with Crippen LogP contribution < -0.4 is 5.32 Å². The van der Waals surface area contributed by atoms with Crippen molar-refractivity contribution in [1.82, 2.24) is 4.98 Å². The molecule has 0 unspecified atom stereocenters. The van der Waals surface area contributed by atoms with Crippen molar-refractivity contribution < 1.29 is 4.79 Å². The van der Waals surface area contributed by atoms with Gasteiger partial charge in [-0.15, -0.1) is 0 Å². The van der Waals surface area contributed by atoms with Crippen molar-refractivity contribution in [2.24, 2.45) is 0 Å². The van der Waals surface area contributed by atoms with Crippen molar-refractivity contribution in [3.8, 4) is 17.3 Å². The predicted octanol–water partition coefficient (Wildman–Crippen LogP) is 6.45. The summed E-state index contributed by atoms with van der Waals surface area (Å²) in [5, 5.41) is 14.5. The lowest BCUT2D eigenvalue weighted by Crippen LogP contribution is -2.05. The zero-order valence-electron chi connectivity index (χ0n) is 15.1. The molecule has 7 heteroatoms. The van der Waals surface area contributed by atoms with E-state index in [-0.39, 0.29) is 5.91 Å². The molecule has 0 spiro atoms. The van der Waals surface area contributed by atoms with Crippen LogP contribution in [0.1, 0.15) is 23.1 Å². The smallest absolute Gasteiger partial charge is 0.221 e.